The van der Waals surface area contributed by atoms with Crippen molar-refractivity contribution in [3.05, 3.63) is 34.3 Å². The lowest BCUT2D eigenvalue weighted by Crippen LogP contribution is -2.47. The van der Waals surface area contributed by atoms with Crippen LogP contribution in [0.1, 0.15) is 5.56 Å². The number of rotatable bonds is 5. The normalized spacial score (nSPS) is 16.3. The molecular formula is C14H20BrN3O. The van der Waals surface area contributed by atoms with Crippen LogP contribution < -0.4 is 10.6 Å². The van der Waals surface area contributed by atoms with Crippen molar-refractivity contribution in [2.45, 2.75) is 6.42 Å². The number of benzene rings is 1. The van der Waals surface area contributed by atoms with E-state index in [0.29, 0.717) is 13.1 Å². The van der Waals surface area contributed by atoms with Crippen molar-refractivity contribution in [3.8, 4) is 0 Å². The minimum absolute atomic E-state index is 0.119. The quantitative estimate of drug-likeness (QED) is 0.849. The van der Waals surface area contributed by atoms with Crippen LogP contribution in [-0.4, -0.2) is 50.1 Å². The minimum atomic E-state index is 0.119. The number of amides is 1. The summed E-state index contributed by atoms with van der Waals surface area (Å²) in [6.07, 6.45) is 0.856. The van der Waals surface area contributed by atoms with E-state index in [1.54, 1.807) is 0 Å². The van der Waals surface area contributed by atoms with Gasteiger partial charge in [-0.3, -0.25) is 9.69 Å². The number of piperazine rings is 1. The van der Waals surface area contributed by atoms with Crippen molar-refractivity contribution >= 4 is 21.8 Å². The highest BCUT2D eigenvalue weighted by Gasteiger charge is 2.12. The van der Waals surface area contributed by atoms with E-state index in [-0.39, 0.29) is 5.91 Å². The molecule has 0 bridgehead atoms. The number of nitrogens with one attached hydrogen (secondary N) is 2. The molecule has 5 heteroatoms. The number of carbonyl (C=O) groups excluding carboxylic acids is 1. The van der Waals surface area contributed by atoms with Crippen molar-refractivity contribution in [3.63, 3.8) is 0 Å². The predicted octanol–water partition coefficient (Wildman–Crippen LogP) is 1.01. The fraction of sp³-hybridized carbons (Fsp3) is 0.500. The average Bonchev–Trinajstić information content (AvgIpc) is 2.42. The molecule has 1 amide bonds. The molecule has 2 rings (SSSR count). The number of carbonyl (C=O) groups is 1. The largest absolute Gasteiger partial charge is 0.355 e. The summed E-state index contributed by atoms with van der Waals surface area (Å²) in [6, 6.07) is 8.11. The molecule has 1 heterocycles. The first-order valence-corrected chi connectivity index (χ1v) is 7.48. The minimum Gasteiger partial charge on any atom is -0.355 e. The fourth-order valence-electron chi connectivity index (χ4n) is 2.17. The molecule has 1 fully saturated rings. The molecule has 1 aliphatic heterocycles. The number of hydrogen-bond acceptors (Lipinski definition) is 3. The van der Waals surface area contributed by atoms with E-state index in [1.165, 1.54) is 5.56 Å². The Bertz CT molecular complexity index is 419. The van der Waals surface area contributed by atoms with Crippen molar-refractivity contribution < 1.29 is 4.79 Å². The Hall–Kier alpha value is -0.910. The number of hydrogen-bond donors (Lipinski definition) is 2. The Morgan fingerprint density at radius 2 is 2.05 bits per heavy atom. The molecule has 1 aliphatic rings. The Morgan fingerprint density at radius 3 is 2.79 bits per heavy atom. The summed E-state index contributed by atoms with van der Waals surface area (Å²) >= 11 is 3.52. The number of halogens is 1. The molecule has 0 aromatic heterocycles. The third kappa shape index (κ3) is 4.93. The second-order valence-corrected chi connectivity index (χ2v) is 5.57. The van der Waals surface area contributed by atoms with Crippen LogP contribution in [0.2, 0.25) is 0 Å². The lowest BCUT2D eigenvalue weighted by molar-refractivity contribution is -0.122. The monoisotopic (exact) mass is 325 g/mol. The third-order valence-electron chi connectivity index (χ3n) is 3.25. The van der Waals surface area contributed by atoms with Gasteiger partial charge >= 0.3 is 0 Å². The van der Waals surface area contributed by atoms with Gasteiger partial charge in [-0.2, -0.15) is 0 Å². The standard InChI is InChI=1S/C14H20BrN3O/c15-13-4-2-1-3-12(13)5-6-17-14(19)11-18-9-7-16-8-10-18/h1-4,16H,5-11H2,(H,17,19). The molecule has 0 spiro atoms. The van der Waals surface area contributed by atoms with Crippen LogP contribution in [0.25, 0.3) is 0 Å². The summed E-state index contributed by atoms with van der Waals surface area (Å²) in [5.41, 5.74) is 1.23. The van der Waals surface area contributed by atoms with Crippen molar-refractivity contribution in [2.75, 3.05) is 39.3 Å². The van der Waals surface area contributed by atoms with Crippen LogP contribution in [0.5, 0.6) is 0 Å². The molecule has 4 nitrogen and oxygen atoms in total. The zero-order valence-electron chi connectivity index (χ0n) is 11.0. The Morgan fingerprint density at radius 1 is 1.32 bits per heavy atom. The maximum absolute atomic E-state index is 11.8. The molecule has 2 N–H and O–H groups in total. The molecule has 1 saturated heterocycles. The lowest BCUT2D eigenvalue weighted by atomic mass is 10.1. The van der Waals surface area contributed by atoms with E-state index in [0.717, 1.165) is 37.1 Å². The zero-order chi connectivity index (χ0) is 13.5. The van der Waals surface area contributed by atoms with Gasteiger partial charge in [-0.05, 0) is 18.1 Å². The summed E-state index contributed by atoms with van der Waals surface area (Å²) in [6.45, 7) is 5.06. The Kier molecular flexibility index (Phi) is 5.82. The van der Waals surface area contributed by atoms with Crippen LogP contribution in [-0.2, 0) is 11.2 Å². The van der Waals surface area contributed by atoms with Crippen molar-refractivity contribution in [2.24, 2.45) is 0 Å². The van der Waals surface area contributed by atoms with Crippen molar-refractivity contribution in [1.29, 1.82) is 0 Å². The van der Waals surface area contributed by atoms with E-state index in [9.17, 15) is 4.79 Å². The molecule has 0 unspecified atom stereocenters. The van der Waals surface area contributed by atoms with Gasteiger partial charge in [0.05, 0.1) is 6.54 Å². The molecule has 19 heavy (non-hydrogen) atoms. The van der Waals surface area contributed by atoms with Gasteiger partial charge in [0.25, 0.3) is 0 Å². The highest BCUT2D eigenvalue weighted by atomic mass is 79.9. The van der Waals surface area contributed by atoms with E-state index < -0.39 is 0 Å². The van der Waals surface area contributed by atoms with E-state index in [4.69, 9.17) is 0 Å². The zero-order valence-corrected chi connectivity index (χ0v) is 12.6. The smallest absolute Gasteiger partial charge is 0.234 e. The van der Waals surface area contributed by atoms with Gasteiger partial charge < -0.3 is 10.6 Å². The summed E-state index contributed by atoms with van der Waals surface area (Å²) < 4.78 is 1.10. The van der Waals surface area contributed by atoms with Gasteiger partial charge in [-0.25, -0.2) is 0 Å². The second kappa shape index (κ2) is 7.62. The molecule has 0 saturated carbocycles. The van der Waals surface area contributed by atoms with Crippen LogP contribution in [0.15, 0.2) is 28.7 Å². The van der Waals surface area contributed by atoms with Crippen LogP contribution in [0.3, 0.4) is 0 Å². The summed E-state index contributed by atoms with van der Waals surface area (Å²) in [5, 5.41) is 6.26. The lowest BCUT2D eigenvalue weighted by Gasteiger charge is -2.26. The molecule has 1 aromatic carbocycles. The van der Waals surface area contributed by atoms with Gasteiger partial charge in [-0.15, -0.1) is 0 Å². The van der Waals surface area contributed by atoms with Gasteiger partial charge in [-0.1, -0.05) is 34.1 Å². The first-order valence-electron chi connectivity index (χ1n) is 6.69. The van der Waals surface area contributed by atoms with Gasteiger partial charge in [0.15, 0.2) is 0 Å². The Labute approximate surface area is 122 Å². The average molecular weight is 326 g/mol. The SMILES string of the molecule is O=C(CN1CCNCC1)NCCc1ccccc1Br. The highest BCUT2D eigenvalue weighted by Crippen LogP contribution is 2.15. The van der Waals surface area contributed by atoms with Crippen LogP contribution in [0, 0.1) is 0 Å². The predicted molar refractivity (Wildman–Crippen MR) is 80.2 cm³/mol. The van der Waals surface area contributed by atoms with Crippen molar-refractivity contribution in [1.82, 2.24) is 15.5 Å². The molecule has 0 atom stereocenters. The molecule has 104 valence electrons. The number of nitrogens with zero attached hydrogens (tertiary/aromatic N) is 1. The highest BCUT2D eigenvalue weighted by molar-refractivity contribution is 9.10. The van der Waals surface area contributed by atoms with E-state index in [2.05, 4.69) is 37.5 Å². The topological polar surface area (TPSA) is 44.4 Å². The molecule has 1 aromatic rings. The second-order valence-electron chi connectivity index (χ2n) is 4.72. The third-order valence-corrected chi connectivity index (χ3v) is 4.02. The molecule has 0 aliphatic carbocycles. The Balaban J connectivity index is 1.67. The van der Waals surface area contributed by atoms with Gasteiger partial charge in [0, 0.05) is 37.2 Å². The molecule has 0 radical (unpaired) electrons. The van der Waals surface area contributed by atoms with Crippen LogP contribution >= 0.6 is 15.9 Å². The fourth-order valence-corrected chi connectivity index (χ4v) is 2.65. The van der Waals surface area contributed by atoms with E-state index in [1.807, 2.05) is 18.2 Å². The molecular weight excluding hydrogens is 306 g/mol. The maximum atomic E-state index is 11.8. The maximum Gasteiger partial charge on any atom is 0.234 e. The summed E-state index contributed by atoms with van der Waals surface area (Å²) in [5.74, 6) is 0.119. The van der Waals surface area contributed by atoms with Gasteiger partial charge in [0.2, 0.25) is 5.91 Å². The summed E-state index contributed by atoms with van der Waals surface area (Å²) in [7, 11) is 0. The first kappa shape index (κ1) is 14.5. The first-order chi connectivity index (χ1) is 9.25. The van der Waals surface area contributed by atoms with Gasteiger partial charge in [0.1, 0.15) is 0 Å². The van der Waals surface area contributed by atoms with Crippen LogP contribution in [0.4, 0.5) is 0 Å². The summed E-state index contributed by atoms with van der Waals surface area (Å²) in [4.78, 5) is 14.0. The van der Waals surface area contributed by atoms with E-state index >= 15 is 0 Å².